The Balaban J connectivity index is 2.07. The number of aromatic nitrogens is 2. The van der Waals surface area contributed by atoms with Crippen molar-refractivity contribution in [3.8, 4) is 0 Å². The highest BCUT2D eigenvalue weighted by atomic mass is 32.1. The molecule has 0 aliphatic carbocycles. The highest BCUT2D eigenvalue weighted by molar-refractivity contribution is 7.80. The van der Waals surface area contributed by atoms with Gasteiger partial charge in [-0.2, -0.15) is 5.10 Å². The first-order chi connectivity index (χ1) is 12.9. The number of carbonyl (C=O) groups is 1. The molecule has 2 N–H and O–H groups in total. The molecule has 146 valence electrons. The lowest BCUT2D eigenvalue weighted by Crippen LogP contribution is -2.40. The number of hydrogen-bond donors (Lipinski definition) is 2. The second kappa shape index (κ2) is 10.1. The van der Waals surface area contributed by atoms with Gasteiger partial charge in [0, 0.05) is 25.2 Å². The number of esters is 1. The third kappa shape index (κ3) is 7.02. The van der Waals surface area contributed by atoms with Gasteiger partial charge in [-0.1, -0.05) is 29.3 Å². The molecule has 7 heteroatoms. The van der Waals surface area contributed by atoms with E-state index in [1.54, 1.807) is 0 Å². The average molecular weight is 389 g/mol. The molecule has 2 rings (SSSR count). The second-order valence-electron chi connectivity index (χ2n) is 6.62. The fourth-order valence-corrected chi connectivity index (χ4v) is 3.22. The Morgan fingerprint density at radius 3 is 2.59 bits per heavy atom. The molecule has 27 heavy (non-hydrogen) atoms. The summed E-state index contributed by atoms with van der Waals surface area (Å²) >= 11 is 5.42. The standard InChI is InChI=1S/C20H28N4O2S/c1-5-24-13-18(12-22-24)19(11-17-9-14(2)8-15(3)10-17)23-20(27)21-6-7-26-16(4)25/h8-10,12-13,19H,5-7,11H2,1-4H3,(H2,21,23,27). The molecule has 0 aliphatic heterocycles. The first-order valence-corrected chi connectivity index (χ1v) is 9.55. The molecule has 1 unspecified atom stereocenters. The van der Waals surface area contributed by atoms with Gasteiger partial charge in [-0.3, -0.25) is 9.48 Å². The maximum atomic E-state index is 10.8. The minimum atomic E-state index is -0.296. The number of hydrogen-bond acceptors (Lipinski definition) is 4. The molecule has 2 aromatic rings. The zero-order valence-corrected chi connectivity index (χ0v) is 17.2. The fraction of sp³-hybridized carbons (Fsp3) is 0.450. The predicted molar refractivity (Wildman–Crippen MR) is 111 cm³/mol. The van der Waals surface area contributed by atoms with Crippen LogP contribution in [-0.4, -0.2) is 34.0 Å². The van der Waals surface area contributed by atoms with Crippen LogP contribution in [-0.2, 0) is 22.5 Å². The summed E-state index contributed by atoms with van der Waals surface area (Å²) in [6.45, 7) is 9.24. The number of rotatable bonds is 8. The van der Waals surface area contributed by atoms with E-state index in [4.69, 9.17) is 17.0 Å². The van der Waals surface area contributed by atoms with Crippen LogP contribution >= 0.6 is 12.2 Å². The molecule has 1 aromatic carbocycles. The van der Waals surface area contributed by atoms with Crippen LogP contribution in [0.1, 0.15) is 42.1 Å². The highest BCUT2D eigenvalue weighted by Crippen LogP contribution is 2.20. The summed E-state index contributed by atoms with van der Waals surface area (Å²) in [6.07, 6.45) is 4.72. The lowest BCUT2D eigenvalue weighted by atomic mass is 9.98. The van der Waals surface area contributed by atoms with Gasteiger partial charge in [-0.05, 0) is 45.0 Å². The Labute approximate surface area is 166 Å². The molecule has 1 atom stereocenters. The van der Waals surface area contributed by atoms with Crippen molar-refractivity contribution in [3.05, 3.63) is 52.8 Å². The van der Waals surface area contributed by atoms with E-state index in [1.165, 1.54) is 23.6 Å². The highest BCUT2D eigenvalue weighted by Gasteiger charge is 2.16. The number of aryl methyl sites for hydroxylation is 3. The molecule has 0 spiro atoms. The van der Waals surface area contributed by atoms with Gasteiger partial charge in [0.15, 0.2) is 5.11 Å². The Bertz CT molecular complexity index is 768. The zero-order chi connectivity index (χ0) is 19.8. The average Bonchev–Trinajstić information content (AvgIpc) is 3.06. The minimum Gasteiger partial charge on any atom is -0.464 e. The van der Waals surface area contributed by atoms with Crippen molar-refractivity contribution < 1.29 is 9.53 Å². The van der Waals surface area contributed by atoms with Crippen molar-refractivity contribution in [1.82, 2.24) is 20.4 Å². The molecule has 6 nitrogen and oxygen atoms in total. The Hall–Kier alpha value is -2.41. The van der Waals surface area contributed by atoms with E-state index in [-0.39, 0.29) is 18.6 Å². The maximum absolute atomic E-state index is 10.8. The normalized spacial score (nSPS) is 11.7. The summed E-state index contributed by atoms with van der Waals surface area (Å²) in [7, 11) is 0. The summed E-state index contributed by atoms with van der Waals surface area (Å²) in [4.78, 5) is 10.8. The van der Waals surface area contributed by atoms with Gasteiger partial charge in [0.25, 0.3) is 0 Å². The lowest BCUT2D eigenvalue weighted by molar-refractivity contribution is -0.140. The van der Waals surface area contributed by atoms with Gasteiger partial charge in [0.05, 0.1) is 18.8 Å². The summed E-state index contributed by atoms with van der Waals surface area (Å²) in [5.74, 6) is -0.296. The van der Waals surface area contributed by atoms with Crippen LogP contribution in [0.2, 0.25) is 0 Å². The number of ether oxygens (including phenoxy) is 1. The van der Waals surface area contributed by atoms with E-state index in [2.05, 4.69) is 54.7 Å². The SMILES string of the molecule is CCn1cc(C(Cc2cc(C)cc(C)c2)NC(=S)NCCOC(C)=O)cn1. The van der Waals surface area contributed by atoms with Gasteiger partial charge in [0.2, 0.25) is 0 Å². The molecule has 0 aliphatic rings. The predicted octanol–water partition coefficient (Wildman–Crippen LogP) is 2.83. The molecular weight excluding hydrogens is 360 g/mol. The van der Waals surface area contributed by atoms with Gasteiger partial charge < -0.3 is 15.4 Å². The van der Waals surface area contributed by atoms with Gasteiger partial charge in [-0.15, -0.1) is 0 Å². The monoisotopic (exact) mass is 388 g/mol. The van der Waals surface area contributed by atoms with E-state index >= 15 is 0 Å². The molecule has 0 saturated carbocycles. The molecule has 0 amide bonds. The summed E-state index contributed by atoms with van der Waals surface area (Å²) in [5.41, 5.74) is 4.82. The third-order valence-electron chi connectivity index (χ3n) is 4.10. The topological polar surface area (TPSA) is 68.2 Å². The molecule has 1 heterocycles. The molecular formula is C20H28N4O2S. The van der Waals surface area contributed by atoms with Gasteiger partial charge in [-0.25, -0.2) is 0 Å². The Kier molecular flexibility index (Phi) is 7.79. The van der Waals surface area contributed by atoms with E-state index in [0.717, 1.165) is 18.5 Å². The van der Waals surface area contributed by atoms with E-state index in [9.17, 15) is 4.79 Å². The zero-order valence-electron chi connectivity index (χ0n) is 16.4. The van der Waals surface area contributed by atoms with Crippen molar-refractivity contribution >= 4 is 23.3 Å². The van der Waals surface area contributed by atoms with Crippen molar-refractivity contribution in [3.63, 3.8) is 0 Å². The van der Waals surface area contributed by atoms with E-state index in [1.807, 2.05) is 17.1 Å². The van der Waals surface area contributed by atoms with Gasteiger partial charge in [0.1, 0.15) is 6.61 Å². The summed E-state index contributed by atoms with van der Waals surface area (Å²) in [5, 5.41) is 11.4. The van der Waals surface area contributed by atoms with Crippen molar-refractivity contribution in [2.45, 2.75) is 46.7 Å². The fourth-order valence-electron chi connectivity index (χ4n) is 2.98. The van der Waals surface area contributed by atoms with Crippen molar-refractivity contribution in [2.75, 3.05) is 13.2 Å². The van der Waals surface area contributed by atoms with E-state index in [0.29, 0.717) is 11.7 Å². The molecule has 1 aromatic heterocycles. The Morgan fingerprint density at radius 2 is 2.00 bits per heavy atom. The van der Waals surface area contributed by atoms with Crippen LogP contribution in [0.4, 0.5) is 0 Å². The number of benzene rings is 1. The number of carbonyl (C=O) groups excluding carboxylic acids is 1. The minimum absolute atomic E-state index is 0.000209. The number of nitrogens with one attached hydrogen (secondary N) is 2. The van der Waals surface area contributed by atoms with Crippen molar-refractivity contribution in [2.24, 2.45) is 0 Å². The quantitative estimate of drug-likeness (QED) is 0.412. The smallest absolute Gasteiger partial charge is 0.302 e. The molecule has 0 bridgehead atoms. The number of nitrogens with zero attached hydrogens (tertiary/aromatic N) is 2. The van der Waals surface area contributed by atoms with Crippen LogP contribution in [0, 0.1) is 13.8 Å². The number of thiocarbonyl (C=S) groups is 1. The van der Waals surface area contributed by atoms with Crippen LogP contribution < -0.4 is 10.6 Å². The molecule has 0 radical (unpaired) electrons. The molecule has 0 saturated heterocycles. The van der Waals surface area contributed by atoms with E-state index < -0.39 is 0 Å². The van der Waals surface area contributed by atoms with Crippen LogP contribution in [0.25, 0.3) is 0 Å². The molecule has 0 fully saturated rings. The van der Waals surface area contributed by atoms with Crippen molar-refractivity contribution in [1.29, 1.82) is 0 Å². The van der Waals surface area contributed by atoms with Gasteiger partial charge >= 0.3 is 5.97 Å². The third-order valence-corrected chi connectivity index (χ3v) is 4.36. The van der Waals surface area contributed by atoms with Crippen LogP contribution in [0.15, 0.2) is 30.6 Å². The summed E-state index contributed by atoms with van der Waals surface area (Å²) < 4.78 is 6.83. The van der Waals surface area contributed by atoms with Crippen LogP contribution in [0.3, 0.4) is 0 Å². The first-order valence-electron chi connectivity index (χ1n) is 9.14. The van der Waals surface area contributed by atoms with Crippen LogP contribution in [0.5, 0.6) is 0 Å². The maximum Gasteiger partial charge on any atom is 0.302 e. The second-order valence-corrected chi connectivity index (χ2v) is 7.03. The first kappa shape index (κ1) is 20.9. The Morgan fingerprint density at radius 1 is 1.30 bits per heavy atom. The summed E-state index contributed by atoms with van der Waals surface area (Å²) in [6, 6.07) is 6.56. The largest absolute Gasteiger partial charge is 0.464 e. The lowest BCUT2D eigenvalue weighted by Gasteiger charge is -2.20.